The molecular formula is C6H15N2OP. The molecule has 0 aromatic carbocycles. The lowest BCUT2D eigenvalue weighted by Gasteiger charge is -2.26. The van der Waals surface area contributed by atoms with Crippen molar-refractivity contribution in [2.24, 2.45) is 5.90 Å². The third-order valence-corrected chi connectivity index (χ3v) is 2.57. The highest BCUT2D eigenvalue weighted by molar-refractivity contribution is 7.13. The molecule has 1 fully saturated rings. The first-order valence-corrected chi connectivity index (χ1v) is 4.26. The van der Waals surface area contributed by atoms with E-state index < -0.39 is 0 Å². The first kappa shape index (κ1) is 8.41. The van der Waals surface area contributed by atoms with Gasteiger partial charge in [-0.05, 0) is 25.7 Å². The Morgan fingerprint density at radius 3 is 2.30 bits per heavy atom. The molecule has 0 saturated heterocycles. The second-order valence-electron chi connectivity index (χ2n) is 2.78. The Kier molecular flexibility index (Phi) is 3.57. The monoisotopic (exact) mass is 162 g/mol. The summed E-state index contributed by atoms with van der Waals surface area (Å²) in [6.45, 7) is 0. The lowest BCUT2D eigenvalue weighted by Crippen LogP contribution is -2.31. The largest absolute Gasteiger partial charge is 0.301 e. The van der Waals surface area contributed by atoms with E-state index in [0.717, 1.165) is 12.8 Å². The summed E-state index contributed by atoms with van der Waals surface area (Å²) in [6.07, 6.45) is 4.82. The predicted molar refractivity (Wildman–Crippen MR) is 44.2 cm³/mol. The molecule has 1 aliphatic rings. The van der Waals surface area contributed by atoms with Crippen molar-refractivity contribution in [2.75, 3.05) is 0 Å². The molecular weight excluding hydrogens is 147 g/mol. The summed E-state index contributed by atoms with van der Waals surface area (Å²) < 4.78 is 0. The van der Waals surface area contributed by atoms with Crippen LogP contribution in [0.3, 0.4) is 0 Å². The fourth-order valence-electron chi connectivity index (χ4n) is 1.37. The van der Waals surface area contributed by atoms with Crippen LogP contribution in [0.15, 0.2) is 0 Å². The molecule has 0 heterocycles. The van der Waals surface area contributed by atoms with Gasteiger partial charge in [-0.2, -0.15) is 0 Å². The first-order valence-electron chi connectivity index (χ1n) is 3.68. The quantitative estimate of drug-likeness (QED) is 0.461. The smallest absolute Gasteiger partial charge is 0.0788 e. The Balaban J connectivity index is 2.17. The van der Waals surface area contributed by atoms with Crippen LogP contribution in [0.1, 0.15) is 25.7 Å². The van der Waals surface area contributed by atoms with Gasteiger partial charge in [0.25, 0.3) is 0 Å². The topological polar surface area (TPSA) is 47.3 Å². The minimum atomic E-state index is 0.301. The van der Waals surface area contributed by atoms with Gasteiger partial charge in [0.1, 0.15) is 0 Å². The molecule has 1 unspecified atom stereocenters. The molecule has 0 aliphatic heterocycles. The molecule has 60 valence electrons. The molecule has 10 heavy (non-hydrogen) atoms. The van der Waals surface area contributed by atoms with Crippen molar-refractivity contribution >= 4 is 9.39 Å². The second kappa shape index (κ2) is 4.24. The summed E-state index contributed by atoms with van der Waals surface area (Å²) in [5.41, 5.74) is 0. The zero-order valence-corrected chi connectivity index (χ0v) is 7.20. The van der Waals surface area contributed by atoms with Gasteiger partial charge in [0.05, 0.1) is 6.10 Å². The van der Waals surface area contributed by atoms with E-state index in [-0.39, 0.29) is 0 Å². The maximum Gasteiger partial charge on any atom is 0.0788 e. The van der Waals surface area contributed by atoms with Crippen LogP contribution in [-0.4, -0.2) is 12.1 Å². The number of nitrogens with one attached hydrogen (secondary N) is 1. The summed E-state index contributed by atoms with van der Waals surface area (Å²) in [7, 11) is 2.55. The van der Waals surface area contributed by atoms with Gasteiger partial charge in [-0.25, -0.2) is 5.90 Å². The molecule has 4 heteroatoms. The van der Waals surface area contributed by atoms with Gasteiger partial charge >= 0.3 is 0 Å². The van der Waals surface area contributed by atoms with Crippen LogP contribution in [0.25, 0.3) is 0 Å². The molecule has 1 saturated carbocycles. The van der Waals surface area contributed by atoms with Crippen LogP contribution < -0.4 is 11.0 Å². The number of nitrogens with two attached hydrogens (primary N) is 1. The summed E-state index contributed by atoms with van der Waals surface area (Å²) in [4.78, 5) is 4.75. The van der Waals surface area contributed by atoms with E-state index in [4.69, 9.17) is 10.7 Å². The van der Waals surface area contributed by atoms with Crippen LogP contribution in [0.2, 0.25) is 0 Å². The van der Waals surface area contributed by atoms with Gasteiger partial charge in [0.2, 0.25) is 0 Å². The predicted octanol–water partition coefficient (Wildman–Crippen LogP) is 0.568. The minimum absolute atomic E-state index is 0.301. The van der Waals surface area contributed by atoms with Gasteiger partial charge in [-0.15, -0.1) is 0 Å². The molecule has 0 aromatic rings. The normalized spacial score (nSPS) is 34.2. The average molecular weight is 162 g/mol. The van der Waals surface area contributed by atoms with Crippen molar-refractivity contribution < 1.29 is 4.84 Å². The fourth-order valence-corrected chi connectivity index (χ4v) is 1.70. The van der Waals surface area contributed by atoms with Crippen LogP contribution in [0, 0.1) is 0 Å². The molecule has 3 N–H and O–H groups in total. The van der Waals surface area contributed by atoms with E-state index in [0.29, 0.717) is 12.1 Å². The van der Waals surface area contributed by atoms with Crippen LogP contribution in [0.5, 0.6) is 0 Å². The Morgan fingerprint density at radius 1 is 1.30 bits per heavy atom. The van der Waals surface area contributed by atoms with Crippen molar-refractivity contribution in [3.63, 3.8) is 0 Å². The number of hydrogen-bond donors (Lipinski definition) is 2. The van der Waals surface area contributed by atoms with E-state index in [9.17, 15) is 0 Å². The minimum Gasteiger partial charge on any atom is -0.301 e. The van der Waals surface area contributed by atoms with Crippen molar-refractivity contribution in [1.82, 2.24) is 5.09 Å². The Bertz CT molecular complexity index is 81.7. The van der Waals surface area contributed by atoms with Gasteiger partial charge in [0, 0.05) is 6.04 Å². The molecule has 0 radical (unpaired) electrons. The SMILES string of the molecule is NOC1CCC(NP)CC1. The molecule has 1 rings (SSSR count). The highest BCUT2D eigenvalue weighted by Crippen LogP contribution is 2.20. The average Bonchev–Trinajstić information content (AvgIpc) is 2.05. The Hall–Kier alpha value is 0.310. The third kappa shape index (κ3) is 2.17. The summed E-state index contributed by atoms with van der Waals surface area (Å²) in [5.74, 6) is 5.06. The number of rotatable bonds is 2. The van der Waals surface area contributed by atoms with Crippen LogP contribution >= 0.6 is 9.39 Å². The van der Waals surface area contributed by atoms with E-state index in [1.807, 2.05) is 0 Å². The molecule has 3 nitrogen and oxygen atoms in total. The summed E-state index contributed by atoms with van der Waals surface area (Å²) in [6, 6.07) is 0.649. The lowest BCUT2D eigenvalue weighted by atomic mass is 9.94. The highest BCUT2D eigenvalue weighted by Gasteiger charge is 2.19. The van der Waals surface area contributed by atoms with Crippen LogP contribution in [0.4, 0.5) is 0 Å². The van der Waals surface area contributed by atoms with Crippen molar-refractivity contribution in [3.05, 3.63) is 0 Å². The maximum absolute atomic E-state index is 5.06. The van der Waals surface area contributed by atoms with Crippen molar-refractivity contribution in [3.8, 4) is 0 Å². The van der Waals surface area contributed by atoms with E-state index in [1.165, 1.54) is 12.8 Å². The van der Waals surface area contributed by atoms with Crippen molar-refractivity contribution in [1.29, 1.82) is 0 Å². The zero-order chi connectivity index (χ0) is 7.40. The lowest BCUT2D eigenvalue weighted by molar-refractivity contribution is 0.0236. The number of hydrogen-bond acceptors (Lipinski definition) is 3. The Labute approximate surface area is 63.9 Å². The summed E-state index contributed by atoms with van der Waals surface area (Å²) in [5, 5.41) is 3.17. The Morgan fingerprint density at radius 2 is 1.90 bits per heavy atom. The van der Waals surface area contributed by atoms with Gasteiger partial charge in [-0.1, -0.05) is 9.39 Å². The molecule has 0 aromatic heterocycles. The molecule has 1 atom stereocenters. The first-order chi connectivity index (χ1) is 4.86. The van der Waals surface area contributed by atoms with Crippen molar-refractivity contribution in [2.45, 2.75) is 37.8 Å². The maximum atomic E-state index is 5.06. The third-order valence-electron chi connectivity index (χ3n) is 2.10. The zero-order valence-electron chi connectivity index (χ0n) is 6.05. The highest BCUT2D eigenvalue weighted by atomic mass is 31.0. The molecule has 0 bridgehead atoms. The van der Waals surface area contributed by atoms with Gasteiger partial charge in [0.15, 0.2) is 0 Å². The van der Waals surface area contributed by atoms with Crippen LogP contribution in [-0.2, 0) is 4.84 Å². The van der Waals surface area contributed by atoms with E-state index in [1.54, 1.807) is 0 Å². The van der Waals surface area contributed by atoms with Gasteiger partial charge < -0.3 is 4.84 Å². The summed E-state index contributed by atoms with van der Waals surface area (Å²) >= 11 is 0. The van der Waals surface area contributed by atoms with E-state index >= 15 is 0 Å². The fraction of sp³-hybridized carbons (Fsp3) is 1.00. The van der Waals surface area contributed by atoms with Gasteiger partial charge in [-0.3, -0.25) is 5.09 Å². The molecule has 1 aliphatic carbocycles. The second-order valence-corrected chi connectivity index (χ2v) is 3.11. The molecule has 0 amide bonds. The standard InChI is InChI=1S/C6H15N2OP/c7-9-6-3-1-5(8-10)2-4-6/h5-6,8H,1-4,7,10H2. The molecule has 0 spiro atoms. The van der Waals surface area contributed by atoms with E-state index in [2.05, 4.69) is 14.5 Å².